The Morgan fingerprint density at radius 3 is 2.95 bits per heavy atom. The molecule has 1 aromatic carbocycles. The van der Waals surface area contributed by atoms with Gasteiger partial charge in [-0.05, 0) is 12.1 Å². The number of fused-ring (bicyclic) bond motifs is 1. The molecule has 1 N–H and O–H groups in total. The van der Waals surface area contributed by atoms with Crippen LogP contribution in [0.15, 0.2) is 35.1 Å². The molecule has 19 heavy (non-hydrogen) atoms. The fraction of sp³-hybridized carbons (Fsp3) is 0.333. The van der Waals surface area contributed by atoms with Gasteiger partial charge in [0, 0.05) is 31.6 Å². The van der Waals surface area contributed by atoms with E-state index >= 15 is 0 Å². The first-order valence-electron chi connectivity index (χ1n) is 6.72. The third-order valence-corrected chi connectivity index (χ3v) is 3.51. The van der Waals surface area contributed by atoms with Gasteiger partial charge in [0.2, 0.25) is 0 Å². The van der Waals surface area contributed by atoms with Crippen molar-refractivity contribution in [3.8, 4) is 0 Å². The van der Waals surface area contributed by atoms with Crippen molar-refractivity contribution in [1.82, 2.24) is 14.9 Å². The molecule has 4 heteroatoms. The molecule has 3 rings (SSSR count). The minimum Gasteiger partial charge on any atom is -0.313 e. The highest BCUT2D eigenvalue weighted by atomic mass is 16.1. The zero-order valence-corrected chi connectivity index (χ0v) is 11.0. The number of hydrogen-bond donors (Lipinski definition) is 1. The summed E-state index contributed by atoms with van der Waals surface area (Å²) in [6, 6.07) is 7.71. The van der Waals surface area contributed by atoms with E-state index in [0.29, 0.717) is 5.39 Å². The number of aromatic nitrogens is 2. The lowest BCUT2D eigenvalue weighted by Crippen LogP contribution is -2.25. The molecular formula is C15H17N3O. The third kappa shape index (κ3) is 2.08. The average molecular weight is 255 g/mol. The highest BCUT2D eigenvalue weighted by molar-refractivity contribution is 5.81. The van der Waals surface area contributed by atoms with Gasteiger partial charge in [-0.1, -0.05) is 25.1 Å². The Kier molecular flexibility index (Phi) is 3.17. The topological polar surface area (TPSA) is 46.9 Å². The van der Waals surface area contributed by atoms with E-state index in [1.54, 1.807) is 0 Å². The number of nitrogens with zero attached hydrogens (tertiary/aromatic N) is 2. The van der Waals surface area contributed by atoms with E-state index in [-0.39, 0.29) is 5.56 Å². The monoisotopic (exact) mass is 255 g/mol. The third-order valence-electron chi connectivity index (χ3n) is 3.51. The first-order chi connectivity index (χ1) is 9.31. The van der Waals surface area contributed by atoms with Gasteiger partial charge in [-0.2, -0.15) is 4.98 Å². The maximum Gasteiger partial charge on any atom is 0.280 e. The molecule has 0 spiro atoms. The molecular weight excluding hydrogens is 238 g/mol. The van der Waals surface area contributed by atoms with Gasteiger partial charge in [-0.3, -0.25) is 4.79 Å². The van der Waals surface area contributed by atoms with E-state index in [1.165, 1.54) is 5.70 Å². The number of aryl methyl sites for hydroxylation is 1. The summed E-state index contributed by atoms with van der Waals surface area (Å²) in [6.45, 7) is 3.88. The largest absolute Gasteiger partial charge is 0.313 e. The summed E-state index contributed by atoms with van der Waals surface area (Å²) >= 11 is 0. The second kappa shape index (κ2) is 4.97. The Hall–Kier alpha value is -1.94. The molecule has 0 saturated carbocycles. The van der Waals surface area contributed by atoms with Gasteiger partial charge in [0.05, 0.1) is 10.9 Å². The van der Waals surface area contributed by atoms with E-state index in [1.807, 2.05) is 31.2 Å². The standard InChI is InChI=1S/C15H17N3O/c1-2-14-17-15(19)12-5-3-4-6-13(12)18(14)11-7-9-16-10-8-11/h3-7,16H,2,8-10H2,1H3. The van der Waals surface area contributed by atoms with Crippen LogP contribution in [0.25, 0.3) is 16.6 Å². The van der Waals surface area contributed by atoms with Crippen molar-refractivity contribution in [2.45, 2.75) is 19.8 Å². The highest BCUT2D eigenvalue weighted by Crippen LogP contribution is 2.20. The molecule has 2 heterocycles. The van der Waals surface area contributed by atoms with Gasteiger partial charge < -0.3 is 9.88 Å². The minimum atomic E-state index is -0.127. The summed E-state index contributed by atoms with van der Waals surface area (Å²) in [5.41, 5.74) is 2.07. The van der Waals surface area contributed by atoms with Gasteiger partial charge in [0.25, 0.3) is 5.56 Å². The SMILES string of the molecule is CCc1nc(=O)c2ccccc2n1C1=CCNCC1. The van der Waals surface area contributed by atoms with Crippen molar-refractivity contribution < 1.29 is 0 Å². The number of benzene rings is 1. The van der Waals surface area contributed by atoms with Crippen LogP contribution in [0, 0.1) is 0 Å². The van der Waals surface area contributed by atoms with Crippen LogP contribution in [0.4, 0.5) is 0 Å². The molecule has 0 fully saturated rings. The zero-order valence-electron chi connectivity index (χ0n) is 11.0. The zero-order chi connectivity index (χ0) is 13.2. The summed E-state index contributed by atoms with van der Waals surface area (Å²) in [4.78, 5) is 16.3. The number of para-hydroxylation sites is 1. The normalized spacial score (nSPS) is 15.5. The molecule has 1 aromatic heterocycles. The molecule has 0 amide bonds. The first-order valence-corrected chi connectivity index (χ1v) is 6.72. The van der Waals surface area contributed by atoms with E-state index in [0.717, 1.165) is 37.3 Å². The van der Waals surface area contributed by atoms with Crippen LogP contribution in [0.1, 0.15) is 19.2 Å². The summed E-state index contributed by atoms with van der Waals surface area (Å²) < 4.78 is 2.15. The van der Waals surface area contributed by atoms with Crippen LogP contribution in [0.2, 0.25) is 0 Å². The second-order valence-corrected chi connectivity index (χ2v) is 4.69. The Morgan fingerprint density at radius 2 is 2.21 bits per heavy atom. The lowest BCUT2D eigenvalue weighted by Gasteiger charge is -2.21. The minimum absolute atomic E-state index is 0.127. The van der Waals surface area contributed by atoms with Crippen LogP contribution in [-0.2, 0) is 6.42 Å². The van der Waals surface area contributed by atoms with Gasteiger partial charge >= 0.3 is 0 Å². The van der Waals surface area contributed by atoms with E-state index < -0.39 is 0 Å². The van der Waals surface area contributed by atoms with Gasteiger partial charge in [0.1, 0.15) is 5.82 Å². The predicted molar refractivity (Wildman–Crippen MR) is 77.1 cm³/mol. The van der Waals surface area contributed by atoms with Crippen molar-refractivity contribution in [3.63, 3.8) is 0 Å². The lowest BCUT2D eigenvalue weighted by atomic mass is 10.1. The van der Waals surface area contributed by atoms with Crippen LogP contribution < -0.4 is 10.9 Å². The second-order valence-electron chi connectivity index (χ2n) is 4.69. The van der Waals surface area contributed by atoms with Crippen molar-refractivity contribution in [3.05, 3.63) is 46.5 Å². The molecule has 98 valence electrons. The van der Waals surface area contributed by atoms with Crippen molar-refractivity contribution in [1.29, 1.82) is 0 Å². The Balaban J connectivity index is 2.34. The predicted octanol–water partition coefficient (Wildman–Crippen LogP) is 1.79. The summed E-state index contributed by atoms with van der Waals surface area (Å²) in [5.74, 6) is 0.844. The van der Waals surface area contributed by atoms with Crippen LogP contribution in [0.5, 0.6) is 0 Å². The Bertz CT molecular complexity index is 700. The maximum absolute atomic E-state index is 12.0. The molecule has 0 bridgehead atoms. The van der Waals surface area contributed by atoms with Crippen molar-refractivity contribution in [2.75, 3.05) is 13.1 Å². The first kappa shape index (κ1) is 12.1. The van der Waals surface area contributed by atoms with E-state index in [9.17, 15) is 4.79 Å². The molecule has 1 aliphatic heterocycles. The molecule has 2 aromatic rings. The Morgan fingerprint density at radius 1 is 1.37 bits per heavy atom. The molecule has 0 atom stereocenters. The summed E-state index contributed by atoms with van der Waals surface area (Å²) in [5, 5.41) is 4.00. The number of nitrogens with one attached hydrogen (secondary N) is 1. The number of hydrogen-bond acceptors (Lipinski definition) is 3. The average Bonchev–Trinajstić information content (AvgIpc) is 2.48. The molecule has 0 aliphatic carbocycles. The van der Waals surface area contributed by atoms with Gasteiger partial charge in [-0.15, -0.1) is 0 Å². The van der Waals surface area contributed by atoms with Gasteiger partial charge in [-0.25, -0.2) is 0 Å². The number of rotatable bonds is 2. The quantitative estimate of drug-likeness (QED) is 0.890. The van der Waals surface area contributed by atoms with Gasteiger partial charge in [0.15, 0.2) is 0 Å². The molecule has 0 radical (unpaired) electrons. The van der Waals surface area contributed by atoms with Crippen molar-refractivity contribution >= 4 is 16.6 Å². The van der Waals surface area contributed by atoms with Crippen LogP contribution >= 0.6 is 0 Å². The Labute approximate surface area is 111 Å². The summed E-state index contributed by atoms with van der Waals surface area (Å²) in [6.07, 6.45) is 3.90. The van der Waals surface area contributed by atoms with Crippen LogP contribution in [0.3, 0.4) is 0 Å². The van der Waals surface area contributed by atoms with Crippen molar-refractivity contribution in [2.24, 2.45) is 0 Å². The molecule has 0 saturated heterocycles. The maximum atomic E-state index is 12.0. The van der Waals surface area contributed by atoms with Crippen LogP contribution in [-0.4, -0.2) is 22.6 Å². The molecule has 4 nitrogen and oxygen atoms in total. The molecule has 0 unspecified atom stereocenters. The smallest absolute Gasteiger partial charge is 0.280 e. The fourth-order valence-electron chi connectivity index (χ4n) is 2.59. The molecule has 1 aliphatic rings. The van der Waals surface area contributed by atoms with E-state index in [2.05, 4.69) is 20.9 Å². The highest BCUT2D eigenvalue weighted by Gasteiger charge is 2.13. The summed E-state index contributed by atoms with van der Waals surface area (Å²) in [7, 11) is 0. The van der Waals surface area contributed by atoms with E-state index in [4.69, 9.17) is 0 Å². The lowest BCUT2D eigenvalue weighted by molar-refractivity contribution is 0.708. The fourth-order valence-corrected chi connectivity index (χ4v) is 2.59.